The maximum atomic E-state index is 12.5. The summed E-state index contributed by atoms with van der Waals surface area (Å²) in [6, 6.07) is 7.97. The summed E-state index contributed by atoms with van der Waals surface area (Å²) in [7, 11) is 0. The van der Waals surface area contributed by atoms with Crippen LogP contribution in [-0.4, -0.2) is 20.1 Å². The summed E-state index contributed by atoms with van der Waals surface area (Å²) in [5.41, 5.74) is 0.976. The number of aryl methyl sites for hydroxylation is 1. The molecule has 2 aromatic rings. The van der Waals surface area contributed by atoms with Gasteiger partial charge in [0.25, 0.3) is 5.91 Å². The first-order valence-corrected chi connectivity index (χ1v) is 8.94. The van der Waals surface area contributed by atoms with Crippen LogP contribution in [0.1, 0.15) is 22.2 Å². The number of thiophene rings is 1. The van der Waals surface area contributed by atoms with Crippen LogP contribution in [0.2, 0.25) is 0 Å². The second kappa shape index (κ2) is 6.73. The third-order valence-corrected chi connectivity index (χ3v) is 5.80. The fourth-order valence-corrected chi connectivity index (χ4v) is 4.32. The fourth-order valence-electron chi connectivity index (χ4n) is 2.10. The number of carbonyl (C=O) groups excluding carboxylic acids is 1. The van der Waals surface area contributed by atoms with Crippen molar-refractivity contribution in [1.29, 1.82) is 0 Å². The Bertz CT molecular complexity index is 737. The zero-order valence-corrected chi connectivity index (χ0v) is 14.4. The minimum Gasteiger partial charge on any atom is -0.288 e. The molecule has 1 fully saturated rings. The molecule has 1 saturated heterocycles. The molecule has 0 bridgehead atoms. The molecule has 3 nitrogen and oxygen atoms in total. The minimum atomic E-state index is -0.0229. The number of thioether (sulfide) groups is 1. The predicted octanol–water partition coefficient (Wildman–Crippen LogP) is 4.11. The average Bonchev–Trinajstić information content (AvgIpc) is 3.09. The van der Waals surface area contributed by atoms with E-state index in [0.717, 1.165) is 16.9 Å². The Morgan fingerprint density at radius 1 is 1.36 bits per heavy atom. The zero-order chi connectivity index (χ0) is 15.5. The van der Waals surface area contributed by atoms with Gasteiger partial charge in [-0.25, -0.2) is 0 Å². The van der Waals surface area contributed by atoms with Gasteiger partial charge < -0.3 is 0 Å². The molecule has 3 heterocycles. The quantitative estimate of drug-likeness (QED) is 0.616. The van der Waals surface area contributed by atoms with Gasteiger partial charge in [0, 0.05) is 22.1 Å². The van der Waals surface area contributed by atoms with E-state index in [4.69, 9.17) is 12.2 Å². The van der Waals surface area contributed by atoms with Crippen molar-refractivity contribution in [2.45, 2.75) is 19.9 Å². The number of hydrogen-bond acceptors (Lipinski definition) is 5. The van der Waals surface area contributed by atoms with Gasteiger partial charge in [-0.2, -0.15) is 0 Å². The summed E-state index contributed by atoms with van der Waals surface area (Å²) in [4.78, 5) is 21.4. The molecule has 0 spiro atoms. The van der Waals surface area contributed by atoms with Crippen molar-refractivity contribution in [3.8, 4) is 0 Å². The summed E-state index contributed by atoms with van der Waals surface area (Å²) >= 11 is 8.43. The molecule has 0 saturated carbocycles. The van der Waals surface area contributed by atoms with Gasteiger partial charge in [0.2, 0.25) is 0 Å². The predicted molar refractivity (Wildman–Crippen MR) is 96.7 cm³/mol. The number of hydrogen-bond donors (Lipinski definition) is 0. The van der Waals surface area contributed by atoms with Crippen molar-refractivity contribution in [3.63, 3.8) is 0 Å². The monoisotopic (exact) mass is 346 g/mol. The van der Waals surface area contributed by atoms with Crippen LogP contribution in [0.5, 0.6) is 0 Å². The average molecular weight is 347 g/mol. The molecule has 3 rings (SSSR count). The van der Waals surface area contributed by atoms with Crippen LogP contribution >= 0.6 is 35.3 Å². The number of nitrogens with zero attached hydrogens (tertiary/aromatic N) is 2. The highest BCUT2D eigenvalue weighted by Crippen LogP contribution is 2.34. The molecule has 1 aliphatic heterocycles. The molecule has 0 aliphatic carbocycles. The first kappa shape index (κ1) is 15.4. The molecule has 2 aromatic heterocycles. The van der Waals surface area contributed by atoms with E-state index >= 15 is 0 Å². The Morgan fingerprint density at radius 3 is 2.91 bits per heavy atom. The van der Waals surface area contributed by atoms with Crippen LogP contribution in [-0.2, 0) is 17.8 Å². The molecule has 0 atom stereocenters. The number of rotatable bonds is 4. The van der Waals surface area contributed by atoms with Crippen molar-refractivity contribution in [2.24, 2.45) is 0 Å². The highest BCUT2D eigenvalue weighted by atomic mass is 32.2. The van der Waals surface area contributed by atoms with Crippen molar-refractivity contribution in [3.05, 3.63) is 56.9 Å². The van der Waals surface area contributed by atoms with E-state index in [0.29, 0.717) is 15.8 Å². The number of amides is 1. The Morgan fingerprint density at radius 2 is 2.23 bits per heavy atom. The highest BCUT2D eigenvalue weighted by molar-refractivity contribution is 8.26. The number of pyridine rings is 1. The van der Waals surface area contributed by atoms with E-state index in [1.807, 2.05) is 18.2 Å². The molecule has 0 N–H and O–H groups in total. The van der Waals surface area contributed by atoms with Crippen LogP contribution in [0.25, 0.3) is 6.08 Å². The van der Waals surface area contributed by atoms with E-state index in [-0.39, 0.29) is 5.91 Å². The lowest BCUT2D eigenvalue weighted by molar-refractivity contribution is -0.122. The van der Waals surface area contributed by atoms with Crippen molar-refractivity contribution in [1.82, 2.24) is 9.88 Å². The third-order valence-electron chi connectivity index (χ3n) is 3.24. The Balaban J connectivity index is 1.79. The molecule has 112 valence electrons. The molecule has 0 radical (unpaired) electrons. The SMILES string of the molecule is CCc1ccc(/C=C2\SC(=S)N(Cc3cccnc3)C2=O)s1. The van der Waals surface area contributed by atoms with E-state index in [1.165, 1.54) is 16.6 Å². The molecular weight excluding hydrogens is 332 g/mol. The van der Waals surface area contributed by atoms with Gasteiger partial charge in [-0.05, 0) is 36.3 Å². The summed E-state index contributed by atoms with van der Waals surface area (Å²) < 4.78 is 0.604. The van der Waals surface area contributed by atoms with Gasteiger partial charge in [-0.1, -0.05) is 37.0 Å². The van der Waals surface area contributed by atoms with Gasteiger partial charge in [-0.15, -0.1) is 11.3 Å². The molecular formula is C16H14N2OS3. The Kier molecular flexibility index (Phi) is 4.71. The van der Waals surface area contributed by atoms with Gasteiger partial charge in [0.15, 0.2) is 0 Å². The molecule has 22 heavy (non-hydrogen) atoms. The zero-order valence-electron chi connectivity index (χ0n) is 12.0. The first-order chi connectivity index (χ1) is 10.7. The van der Waals surface area contributed by atoms with Gasteiger partial charge >= 0.3 is 0 Å². The van der Waals surface area contributed by atoms with Crippen molar-refractivity contribution < 1.29 is 4.79 Å². The molecule has 0 aromatic carbocycles. The Hall–Kier alpha value is -1.50. The van der Waals surface area contributed by atoms with Crippen molar-refractivity contribution >= 4 is 51.6 Å². The van der Waals surface area contributed by atoms with Crippen LogP contribution in [0.3, 0.4) is 0 Å². The second-order valence-corrected chi connectivity index (χ2v) is 7.66. The lowest BCUT2D eigenvalue weighted by Crippen LogP contribution is -2.27. The third kappa shape index (κ3) is 3.29. The number of aromatic nitrogens is 1. The summed E-state index contributed by atoms with van der Waals surface area (Å²) in [5, 5.41) is 0. The van der Waals surface area contributed by atoms with Gasteiger partial charge in [0.05, 0.1) is 11.4 Å². The number of carbonyl (C=O) groups is 1. The number of thiocarbonyl (C=S) groups is 1. The minimum absolute atomic E-state index is 0.0229. The molecule has 6 heteroatoms. The van der Waals surface area contributed by atoms with Crippen LogP contribution in [0.15, 0.2) is 41.6 Å². The summed E-state index contributed by atoms with van der Waals surface area (Å²) in [6.45, 7) is 2.60. The molecule has 1 aliphatic rings. The largest absolute Gasteiger partial charge is 0.288 e. The maximum absolute atomic E-state index is 12.5. The standard InChI is InChI=1S/C16H14N2OS3/c1-2-12-5-6-13(21-12)8-14-15(19)18(16(20)22-14)10-11-4-3-7-17-9-11/h3-9H,2,10H2,1H3/b14-8-. The van der Waals surface area contributed by atoms with Crippen LogP contribution in [0.4, 0.5) is 0 Å². The van der Waals surface area contributed by atoms with E-state index < -0.39 is 0 Å². The Labute approximate surface area is 143 Å². The first-order valence-electron chi connectivity index (χ1n) is 6.90. The molecule has 0 unspecified atom stereocenters. The van der Waals surface area contributed by atoms with E-state index in [2.05, 4.69) is 24.0 Å². The maximum Gasteiger partial charge on any atom is 0.266 e. The summed E-state index contributed by atoms with van der Waals surface area (Å²) in [6.07, 6.45) is 6.43. The van der Waals surface area contributed by atoms with E-state index in [1.54, 1.807) is 28.6 Å². The highest BCUT2D eigenvalue weighted by Gasteiger charge is 2.32. The normalized spacial score (nSPS) is 16.8. The van der Waals surface area contributed by atoms with Gasteiger partial charge in [-0.3, -0.25) is 14.7 Å². The fraction of sp³-hybridized carbons (Fsp3) is 0.188. The lowest BCUT2D eigenvalue weighted by Gasteiger charge is -2.13. The summed E-state index contributed by atoms with van der Waals surface area (Å²) in [5.74, 6) is -0.0229. The van der Waals surface area contributed by atoms with Crippen LogP contribution in [0, 0.1) is 0 Å². The van der Waals surface area contributed by atoms with E-state index in [9.17, 15) is 4.79 Å². The van der Waals surface area contributed by atoms with Crippen LogP contribution < -0.4 is 0 Å². The van der Waals surface area contributed by atoms with Gasteiger partial charge in [0.1, 0.15) is 4.32 Å². The van der Waals surface area contributed by atoms with Crippen molar-refractivity contribution in [2.75, 3.05) is 0 Å². The second-order valence-electron chi connectivity index (χ2n) is 4.79. The molecule has 1 amide bonds. The lowest BCUT2D eigenvalue weighted by atomic mass is 10.2. The topological polar surface area (TPSA) is 33.2 Å². The smallest absolute Gasteiger partial charge is 0.266 e.